The van der Waals surface area contributed by atoms with Crippen LogP contribution >= 0.6 is 11.6 Å². The van der Waals surface area contributed by atoms with Crippen molar-refractivity contribution < 1.29 is 18.0 Å². The Balaban J connectivity index is 2.00. The molecule has 6 nitrogen and oxygen atoms in total. The molecule has 3 N–H and O–H groups in total. The first-order valence-electron chi connectivity index (χ1n) is 6.64. The number of aromatic nitrogens is 2. The summed E-state index contributed by atoms with van der Waals surface area (Å²) in [4.78, 5) is 21.4. The van der Waals surface area contributed by atoms with Gasteiger partial charge in [0, 0.05) is 19.2 Å². The topological polar surface area (TPSA) is 84.1 Å². The maximum absolute atomic E-state index is 12.1. The lowest BCUT2D eigenvalue weighted by atomic mass is 9.97. The van der Waals surface area contributed by atoms with E-state index >= 15 is 0 Å². The van der Waals surface area contributed by atoms with Gasteiger partial charge in [-0.2, -0.15) is 18.2 Å². The van der Waals surface area contributed by atoms with Gasteiger partial charge >= 0.3 is 6.18 Å². The van der Waals surface area contributed by atoms with E-state index in [2.05, 4.69) is 9.97 Å². The number of alkyl halides is 3. The lowest BCUT2D eigenvalue weighted by Crippen LogP contribution is -2.45. The first-order chi connectivity index (χ1) is 10.2. The van der Waals surface area contributed by atoms with Gasteiger partial charge in [-0.15, -0.1) is 0 Å². The zero-order valence-corrected chi connectivity index (χ0v) is 12.3. The highest BCUT2D eigenvalue weighted by Gasteiger charge is 2.31. The predicted molar refractivity (Wildman–Crippen MR) is 75.5 cm³/mol. The molecule has 0 aliphatic carbocycles. The second-order valence-electron chi connectivity index (χ2n) is 5.03. The van der Waals surface area contributed by atoms with Crippen LogP contribution in [0.3, 0.4) is 0 Å². The smallest absolute Gasteiger partial charge is 0.368 e. The molecule has 2 rings (SSSR count). The van der Waals surface area contributed by atoms with Crippen molar-refractivity contribution in [1.29, 1.82) is 0 Å². The standard InChI is InChI=1S/C12H15ClF3N5O/c13-8-4-9(20-11(17)19-8)21-3-1-2-7(5-21)10(22)18-6-12(14,15)16/h4,7H,1-3,5-6H2,(H,18,22)(H2,17,19,20). The molecule has 10 heteroatoms. The highest BCUT2D eigenvalue weighted by Crippen LogP contribution is 2.24. The number of piperidine rings is 1. The second-order valence-corrected chi connectivity index (χ2v) is 5.41. The monoisotopic (exact) mass is 337 g/mol. The van der Waals surface area contributed by atoms with Crippen LogP contribution in [-0.4, -0.2) is 41.7 Å². The van der Waals surface area contributed by atoms with Gasteiger partial charge in [-0.3, -0.25) is 4.79 Å². The molecular weight excluding hydrogens is 323 g/mol. The molecule has 0 aromatic carbocycles. The molecule has 1 atom stereocenters. The Labute approximate surface area is 129 Å². The number of nitrogens with two attached hydrogens (primary N) is 1. The average molecular weight is 338 g/mol. The van der Waals surface area contributed by atoms with Gasteiger partial charge in [-0.25, -0.2) is 4.98 Å². The van der Waals surface area contributed by atoms with Crippen molar-refractivity contribution in [3.05, 3.63) is 11.2 Å². The number of nitrogens with one attached hydrogen (secondary N) is 1. The summed E-state index contributed by atoms with van der Waals surface area (Å²) in [5.74, 6) is -0.682. The van der Waals surface area contributed by atoms with Gasteiger partial charge < -0.3 is 16.0 Å². The normalized spacial score (nSPS) is 19.1. The number of amides is 1. The predicted octanol–water partition coefficient (Wildman–Crippen LogP) is 1.61. The Hall–Kier alpha value is -1.77. The highest BCUT2D eigenvalue weighted by atomic mass is 35.5. The lowest BCUT2D eigenvalue weighted by molar-refractivity contribution is -0.140. The summed E-state index contributed by atoms with van der Waals surface area (Å²) in [6, 6.07) is 1.51. The highest BCUT2D eigenvalue weighted by molar-refractivity contribution is 6.29. The van der Waals surface area contributed by atoms with Crippen LogP contribution in [-0.2, 0) is 4.79 Å². The number of rotatable bonds is 3. The van der Waals surface area contributed by atoms with Gasteiger partial charge in [0.2, 0.25) is 11.9 Å². The Morgan fingerprint density at radius 2 is 2.23 bits per heavy atom. The molecule has 1 saturated heterocycles. The molecule has 1 unspecified atom stereocenters. The first kappa shape index (κ1) is 16.6. The molecular formula is C12H15ClF3N5O. The number of carbonyl (C=O) groups excluding carboxylic acids is 1. The van der Waals surface area contributed by atoms with Crippen molar-refractivity contribution in [3.8, 4) is 0 Å². The van der Waals surface area contributed by atoms with Crippen molar-refractivity contribution in [3.63, 3.8) is 0 Å². The molecule has 1 amide bonds. The maximum atomic E-state index is 12.1. The third-order valence-electron chi connectivity index (χ3n) is 3.28. The van der Waals surface area contributed by atoms with Crippen molar-refractivity contribution in [2.45, 2.75) is 19.0 Å². The quantitative estimate of drug-likeness (QED) is 0.819. The summed E-state index contributed by atoms with van der Waals surface area (Å²) in [6.45, 7) is -0.444. The fourth-order valence-electron chi connectivity index (χ4n) is 2.32. The summed E-state index contributed by atoms with van der Waals surface area (Å²) in [6.07, 6.45) is -3.24. The summed E-state index contributed by atoms with van der Waals surface area (Å²) in [7, 11) is 0. The molecule has 1 aliphatic heterocycles. The van der Waals surface area contributed by atoms with Crippen molar-refractivity contribution in [1.82, 2.24) is 15.3 Å². The van der Waals surface area contributed by atoms with Crippen LogP contribution in [0, 0.1) is 5.92 Å². The van der Waals surface area contributed by atoms with Crippen LogP contribution < -0.4 is 16.0 Å². The lowest BCUT2D eigenvalue weighted by Gasteiger charge is -2.33. The molecule has 0 bridgehead atoms. The van der Waals surface area contributed by atoms with Crippen LogP contribution in [0.25, 0.3) is 0 Å². The summed E-state index contributed by atoms with van der Waals surface area (Å²) in [5, 5.41) is 2.09. The van der Waals surface area contributed by atoms with E-state index < -0.39 is 24.5 Å². The Morgan fingerprint density at radius 1 is 1.50 bits per heavy atom. The van der Waals surface area contributed by atoms with E-state index in [1.165, 1.54) is 6.07 Å². The van der Waals surface area contributed by atoms with E-state index in [0.29, 0.717) is 25.2 Å². The summed E-state index contributed by atoms with van der Waals surface area (Å²) < 4.78 is 36.4. The third-order valence-corrected chi connectivity index (χ3v) is 3.47. The Morgan fingerprint density at radius 3 is 2.86 bits per heavy atom. The number of nitrogen functional groups attached to an aromatic ring is 1. The molecule has 2 heterocycles. The minimum Gasteiger partial charge on any atom is -0.368 e. The van der Waals surface area contributed by atoms with Gasteiger partial charge in [0.15, 0.2) is 0 Å². The summed E-state index contributed by atoms with van der Waals surface area (Å²) in [5.41, 5.74) is 5.52. The third kappa shape index (κ3) is 4.62. The van der Waals surface area contributed by atoms with Gasteiger partial charge in [0.05, 0.1) is 5.92 Å². The average Bonchev–Trinajstić information content (AvgIpc) is 2.43. The van der Waals surface area contributed by atoms with E-state index in [-0.39, 0.29) is 17.6 Å². The zero-order chi connectivity index (χ0) is 16.3. The molecule has 0 radical (unpaired) electrons. The fourth-order valence-corrected chi connectivity index (χ4v) is 2.50. The number of carbonyl (C=O) groups is 1. The van der Waals surface area contributed by atoms with Gasteiger partial charge in [0.25, 0.3) is 0 Å². The molecule has 0 spiro atoms. The number of hydrogen-bond acceptors (Lipinski definition) is 5. The minimum absolute atomic E-state index is 0.00569. The van der Waals surface area contributed by atoms with Crippen LogP contribution in [0.1, 0.15) is 12.8 Å². The van der Waals surface area contributed by atoms with Crippen LogP contribution in [0.2, 0.25) is 5.15 Å². The van der Waals surface area contributed by atoms with E-state index in [0.717, 1.165) is 0 Å². The van der Waals surface area contributed by atoms with Crippen LogP contribution in [0.5, 0.6) is 0 Å². The number of nitrogens with zero attached hydrogens (tertiary/aromatic N) is 3. The number of halogens is 4. The molecule has 122 valence electrons. The van der Waals surface area contributed by atoms with Crippen LogP contribution in [0.4, 0.5) is 24.9 Å². The number of anilines is 2. The van der Waals surface area contributed by atoms with Crippen molar-refractivity contribution in [2.75, 3.05) is 30.3 Å². The molecule has 22 heavy (non-hydrogen) atoms. The van der Waals surface area contributed by atoms with Crippen molar-refractivity contribution in [2.24, 2.45) is 5.92 Å². The SMILES string of the molecule is Nc1nc(Cl)cc(N2CCCC(C(=O)NCC(F)(F)F)C2)n1. The molecule has 1 fully saturated rings. The van der Waals surface area contributed by atoms with Gasteiger partial charge in [-0.1, -0.05) is 11.6 Å². The maximum Gasteiger partial charge on any atom is 0.405 e. The van der Waals surface area contributed by atoms with E-state index in [4.69, 9.17) is 17.3 Å². The Bertz CT molecular complexity index is 534. The molecule has 0 saturated carbocycles. The van der Waals surface area contributed by atoms with E-state index in [9.17, 15) is 18.0 Å². The number of hydrogen-bond donors (Lipinski definition) is 2. The molecule has 1 aliphatic rings. The molecule has 1 aromatic heterocycles. The van der Waals surface area contributed by atoms with E-state index in [1.807, 2.05) is 5.32 Å². The van der Waals surface area contributed by atoms with E-state index in [1.54, 1.807) is 4.90 Å². The Kier molecular flexibility index (Phi) is 4.94. The van der Waals surface area contributed by atoms with Crippen molar-refractivity contribution >= 4 is 29.3 Å². The van der Waals surface area contributed by atoms with Gasteiger partial charge in [-0.05, 0) is 12.8 Å². The zero-order valence-electron chi connectivity index (χ0n) is 11.5. The second kappa shape index (κ2) is 6.55. The largest absolute Gasteiger partial charge is 0.405 e. The van der Waals surface area contributed by atoms with Gasteiger partial charge in [0.1, 0.15) is 17.5 Å². The first-order valence-corrected chi connectivity index (χ1v) is 7.02. The van der Waals surface area contributed by atoms with Crippen LogP contribution in [0.15, 0.2) is 6.07 Å². The fraction of sp³-hybridized carbons (Fsp3) is 0.583. The molecule has 1 aromatic rings. The minimum atomic E-state index is -4.42. The summed E-state index contributed by atoms with van der Waals surface area (Å²) >= 11 is 5.81.